The molecule has 2 heterocycles. The highest BCUT2D eigenvalue weighted by Gasteiger charge is 2.22. The number of likely N-dealkylation sites (tertiary alicyclic amines) is 1. The molecule has 6 heteroatoms. The van der Waals surface area contributed by atoms with Crippen molar-refractivity contribution in [2.75, 3.05) is 19.6 Å². The van der Waals surface area contributed by atoms with E-state index >= 15 is 0 Å². The van der Waals surface area contributed by atoms with Crippen molar-refractivity contribution >= 4 is 17.6 Å². The normalized spacial score (nSPS) is 19.0. The minimum absolute atomic E-state index is 0.0784. The molecule has 0 radical (unpaired) electrons. The van der Waals surface area contributed by atoms with Gasteiger partial charge in [-0.05, 0) is 44.4 Å². The number of pyridine rings is 1. The van der Waals surface area contributed by atoms with Crippen LogP contribution in [0.3, 0.4) is 0 Å². The summed E-state index contributed by atoms with van der Waals surface area (Å²) in [5.41, 5.74) is 1.17. The Hall–Kier alpha value is -1.33. The first-order valence-electron chi connectivity index (χ1n) is 7.40. The van der Waals surface area contributed by atoms with Crippen LogP contribution in [0.5, 0.6) is 0 Å². The Morgan fingerprint density at radius 3 is 3.00 bits per heavy atom. The third-order valence-corrected chi connectivity index (χ3v) is 3.76. The zero-order valence-corrected chi connectivity index (χ0v) is 13.4. The molecule has 2 amide bonds. The van der Waals surface area contributed by atoms with Gasteiger partial charge in [0.1, 0.15) is 5.15 Å². The van der Waals surface area contributed by atoms with Crippen LogP contribution in [0.15, 0.2) is 18.3 Å². The highest BCUT2D eigenvalue weighted by atomic mass is 35.5. The van der Waals surface area contributed by atoms with Crippen molar-refractivity contribution in [3.63, 3.8) is 0 Å². The van der Waals surface area contributed by atoms with Crippen LogP contribution < -0.4 is 10.6 Å². The molecule has 1 aromatic rings. The van der Waals surface area contributed by atoms with Gasteiger partial charge < -0.3 is 10.6 Å². The number of nitrogens with zero attached hydrogens (tertiary/aromatic N) is 2. The summed E-state index contributed by atoms with van der Waals surface area (Å²) in [6, 6.07) is 3.92. The van der Waals surface area contributed by atoms with E-state index in [-0.39, 0.29) is 12.1 Å². The number of carbonyl (C=O) groups excluding carboxylic acids is 1. The predicted octanol–water partition coefficient (Wildman–Crippen LogP) is 2.26. The quantitative estimate of drug-likeness (QED) is 0.820. The Morgan fingerprint density at radius 1 is 1.52 bits per heavy atom. The van der Waals surface area contributed by atoms with E-state index in [0.717, 1.165) is 32.6 Å². The predicted molar refractivity (Wildman–Crippen MR) is 84.3 cm³/mol. The number of hydrogen-bond donors (Lipinski definition) is 2. The van der Waals surface area contributed by atoms with Gasteiger partial charge in [-0.25, -0.2) is 9.78 Å². The summed E-state index contributed by atoms with van der Waals surface area (Å²) in [7, 11) is 0. The molecule has 1 atom stereocenters. The molecule has 1 fully saturated rings. The minimum Gasteiger partial charge on any atom is -0.338 e. The van der Waals surface area contributed by atoms with Crippen molar-refractivity contribution in [2.24, 2.45) is 5.92 Å². The molecule has 0 spiro atoms. The number of hydrogen-bond acceptors (Lipinski definition) is 3. The van der Waals surface area contributed by atoms with Gasteiger partial charge in [0.2, 0.25) is 0 Å². The molecule has 116 valence electrons. The lowest BCUT2D eigenvalue weighted by atomic mass is 10.1. The van der Waals surface area contributed by atoms with Crippen LogP contribution in [0, 0.1) is 5.92 Å². The van der Waals surface area contributed by atoms with Gasteiger partial charge in [-0.1, -0.05) is 17.7 Å². The van der Waals surface area contributed by atoms with E-state index in [2.05, 4.69) is 20.5 Å². The molecule has 0 aliphatic carbocycles. The minimum atomic E-state index is -0.0784. The van der Waals surface area contributed by atoms with Gasteiger partial charge >= 0.3 is 6.03 Å². The van der Waals surface area contributed by atoms with Gasteiger partial charge in [0.05, 0.1) is 0 Å². The van der Waals surface area contributed by atoms with Crippen LogP contribution >= 0.6 is 11.6 Å². The number of nitrogens with one attached hydrogen (secondary N) is 2. The number of urea groups is 1. The molecule has 5 nitrogen and oxygen atoms in total. The third-order valence-electron chi connectivity index (χ3n) is 3.54. The smallest absolute Gasteiger partial charge is 0.314 e. The molecule has 0 unspecified atom stereocenters. The molecule has 21 heavy (non-hydrogen) atoms. The van der Waals surface area contributed by atoms with Crippen molar-refractivity contribution in [1.29, 1.82) is 0 Å². The van der Waals surface area contributed by atoms with Gasteiger partial charge in [-0.2, -0.15) is 0 Å². The Kier molecular flexibility index (Phi) is 5.82. The topological polar surface area (TPSA) is 57.3 Å². The Labute approximate surface area is 131 Å². The second kappa shape index (κ2) is 7.61. The van der Waals surface area contributed by atoms with E-state index in [9.17, 15) is 4.79 Å². The number of halogens is 1. The zero-order valence-electron chi connectivity index (χ0n) is 12.6. The maximum absolute atomic E-state index is 11.6. The van der Waals surface area contributed by atoms with Crippen molar-refractivity contribution in [1.82, 2.24) is 20.5 Å². The monoisotopic (exact) mass is 310 g/mol. The molecule has 0 aromatic carbocycles. The summed E-state index contributed by atoms with van der Waals surface area (Å²) < 4.78 is 0. The highest BCUT2D eigenvalue weighted by Crippen LogP contribution is 2.18. The SMILES string of the molecule is CC(C)NC(=O)NC[C@H]1CCN(Cc2ccc(Cl)nc2)C1. The lowest BCUT2D eigenvalue weighted by Gasteiger charge is -2.17. The Bertz CT molecular complexity index is 463. The second-order valence-electron chi connectivity index (χ2n) is 5.89. The summed E-state index contributed by atoms with van der Waals surface area (Å²) in [6.07, 6.45) is 2.94. The average molecular weight is 311 g/mol. The van der Waals surface area contributed by atoms with Crippen LogP contribution in [0.4, 0.5) is 4.79 Å². The molecular weight excluding hydrogens is 288 g/mol. The summed E-state index contributed by atoms with van der Waals surface area (Å²) in [4.78, 5) is 18.0. The lowest BCUT2D eigenvalue weighted by Crippen LogP contribution is -2.41. The number of amides is 2. The van der Waals surface area contributed by atoms with E-state index in [1.165, 1.54) is 5.56 Å². The molecule has 1 aliphatic heterocycles. The summed E-state index contributed by atoms with van der Waals surface area (Å²) in [6.45, 7) is 7.59. The van der Waals surface area contributed by atoms with E-state index in [1.54, 1.807) is 0 Å². The van der Waals surface area contributed by atoms with E-state index in [4.69, 9.17) is 11.6 Å². The number of carbonyl (C=O) groups is 1. The molecular formula is C15H23ClN4O. The van der Waals surface area contributed by atoms with Gasteiger partial charge in [0.25, 0.3) is 0 Å². The third kappa shape index (κ3) is 5.52. The van der Waals surface area contributed by atoms with Crippen LogP contribution in [0.2, 0.25) is 5.15 Å². The fourth-order valence-electron chi connectivity index (χ4n) is 2.53. The van der Waals surface area contributed by atoms with Crippen molar-refractivity contribution < 1.29 is 4.79 Å². The lowest BCUT2D eigenvalue weighted by molar-refractivity contribution is 0.236. The Morgan fingerprint density at radius 2 is 2.33 bits per heavy atom. The summed E-state index contributed by atoms with van der Waals surface area (Å²) in [5.74, 6) is 0.517. The number of aromatic nitrogens is 1. The van der Waals surface area contributed by atoms with Crippen LogP contribution in [-0.4, -0.2) is 41.6 Å². The molecule has 1 aliphatic rings. The van der Waals surface area contributed by atoms with Crippen molar-refractivity contribution in [2.45, 2.75) is 32.9 Å². The van der Waals surface area contributed by atoms with Crippen molar-refractivity contribution in [3.05, 3.63) is 29.0 Å². The van der Waals surface area contributed by atoms with Gasteiger partial charge in [0.15, 0.2) is 0 Å². The van der Waals surface area contributed by atoms with Crippen LogP contribution in [-0.2, 0) is 6.54 Å². The summed E-state index contributed by atoms with van der Waals surface area (Å²) in [5, 5.41) is 6.31. The van der Waals surface area contributed by atoms with E-state index in [1.807, 2.05) is 32.2 Å². The first-order valence-corrected chi connectivity index (χ1v) is 7.78. The standard InChI is InChI=1S/C15H23ClN4O/c1-11(2)19-15(21)18-8-13-5-6-20(10-13)9-12-3-4-14(16)17-7-12/h3-4,7,11,13H,5-6,8-10H2,1-2H3,(H2,18,19,21)/t13-/m1/s1. The van der Waals surface area contributed by atoms with Crippen LogP contribution in [0.25, 0.3) is 0 Å². The first kappa shape index (κ1) is 16.0. The molecule has 2 rings (SSSR count). The second-order valence-corrected chi connectivity index (χ2v) is 6.28. The van der Waals surface area contributed by atoms with Crippen molar-refractivity contribution in [3.8, 4) is 0 Å². The molecule has 1 saturated heterocycles. The molecule has 1 aromatic heterocycles. The molecule has 0 bridgehead atoms. The maximum Gasteiger partial charge on any atom is 0.314 e. The maximum atomic E-state index is 11.6. The van der Waals surface area contributed by atoms with E-state index in [0.29, 0.717) is 11.1 Å². The molecule has 2 N–H and O–H groups in total. The van der Waals surface area contributed by atoms with Gasteiger partial charge in [-0.3, -0.25) is 4.90 Å². The number of rotatable bonds is 5. The highest BCUT2D eigenvalue weighted by molar-refractivity contribution is 6.29. The van der Waals surface area contributed by atoms with E-state index < -0.39 is 0 Å². The van der Waals surface area contributed by atoms with Gasteiger partial charge in [-0.15, -0.1) is 0 Å². The van der Waals surface area contributed by atoms with Gasteiger partial charge in [0, 0.05) is 31.9 Å². The largest absolute Gasteiger partial charge is 0.338 e. The zero-order chi connectivity index (χ0) is 15.2. The fourth-order valence-corrected chi connectivity index (χ4v) is 2.64. The summed E-state index contributed by atoms with van der Waals surface area (Å²) >= 11 is 5.79. The fraction of sp³-hybridized carbons (Fsp3) is 0.600. The average Bonchev–Trinajstić information content (AvgIpc) is 2.86. The first-order chi connectivity index (χ1) is 10.0. The Balaban J connectivity index is 1.71. The van der Waals surface area contributed by atoms with Crippen LogP contribution in [0.1, 0.15) is 25.8 Å². The molecule has 0 saturated carbocycles.